The number of hydrogen-bond donors (Lipinski definition) is 0. The Morgan fingerprint density at radius 3 is 2.53 bits per heavy atom. The fraction of sp³-hybridized carbons (Fsp3) is 0. The van der Waals surface area contributed by atoms with E-state index in [1.165, 1.54) is 0 Å². The van der Waals surface area contributed by atoms with E-state index in [0.717, 1.165) is 0 Å². The predicted octanol–water partition coefficient (Wildman–Crippen LogP) is 4.18. The van der Waals surface area contributed by atoms with E-state index in [2.05, 4.69) is 4.98 Å². The van der Waals surface area contributed by atoms with Crippen LogP contribution in [0.3, 0.4) is 0 Å². The Morgan fingerprint density at radius 2 is 1.80 bits per heavy atom. The third-order valence-electron chi connectivity index (χ3n) is 1.73. The zero-order valence-corrected chi connectivity index (χ0v) is 9.16. The third-order valence-corrected chi connectivity index (χ3v) is 2.17. The van der Waals surface area contributed by atoms with E-state index >= 15 is 0 Å². The lowest BCUT2D eigenvalue weighted by atomic mass is 10.3. The molecule has 4 heteroatoms. The van der Waals surface area contributed by atoms with Gasteiger partial charge in [0.1, 0.15) is 16.7 Å². The van der Waals surface area contributed by atoms with Crippen LogP contribution in [0.5, 0.6) is 11.5 Å². The molecule has 0 aliphatic carbocycles. The fourth-order valence-electron chi connectivity index (χ4n) is 1.11. The first-order valence-corrected chi connectivity index (χ1v) is 5.04. The van der Waals surface area contributed by atoms with Gasteiger partial charge in [0.2, 0.25) is 0 Å². The summed E-state index contributed by atoms with van der Waals surface area (Å²) in [6.07, 6.45) is 1.59. The lowest BCUT2D eigenvalue weighted by molar-refractivity contribution is 0.482. The maximum Gasteiger partial charge on any atom is 0.132 e. The molecule has 0 unspecified atom stereocenters. The van der Waals surface area contributed by atoms with E-state index in [9.17, 15) is 0 Å². The van der Waals surface area contributed by atoms with Gasteiger partial charge in [-0.25, -0.2) is 4.98 Å². The van der Waals surface area contributed by atoms with Crippen molar-refractivity contribution in [3.05, 3.63) is 52.8 Å². The molecule has 1 aromatic carbocycles. The second-order valence-electron chi connectivity index (χ2n) is 2.87. The number of halogens is 2. The zero-order valence-electron chi connectivity index (χ0n) is 7.65. The van der Waals surface area contributed by atoms with Crippen molar-refractivity contribution in [2.45, 2.75) is 0 Å². The van der Waals surface area contributed by atoms with Gasteiger partial charge in [0.25, 0.3) is 0 Å². The molecule has 0 N–H and O–H groups in total. The summed E-state index contributed by atoms with van der Waals surface area (Å²) < 4.78 is 5.53. The van der Waals surface area contributed by atoms with E-state index < -0.39 is 0 Å². The highest BCUT2D eigenvalue weighted by Crippen LogP contribution is 2.24. The van der Waals surface area contributed by atoms with Gasteiger partial charge in [0.15, 0.2) is 0 Å². The van der Waals surface area contributed by atoms with Crippen LogP contribution in [0.15, 0.2) is 42.6 Å². The summed E-state index contributed by atoms with van der Waals surface area (Å²) in [5.74, 6) is 1.31. The highest BCUT2D eigenvalue weighted by atomic mass is 35.5. The molecule has 0 bridgehead atoms. The van der Waals surface area contributed by atoms with Crippen molar-refractivity contribution in [3.63, 3.8) is 0 Å². The predicted molar refractivity (Wildman–Crippen MR) is 60.8 cm³/mol. The van der Waals surface area contributed by atoms with Crippen LogP contribution in [0.4, 0.5) is 0 Å². The molecule has 0 spiro atoms. The quantitative estimate of drug-likeness (QED) is 0.734. The minimum Gasteiger partial charge on any atom is -0.457 e. The zero-order chi connectivity index (χ0) is 10.7. The van der Waals surface area contributed by atoms with E-state index in [0.29, 0.717) is 21.7 Å². The smallest absolute Gasteiger partial charge is 0.132 e. The van der Waals surface area contributed by atoms with Crippen LogP contribution in [0.1, 0.15) is 0 Å². The Bertz CT molecular complexity index is 430. The lowest BCUT2D eigenvalue weighted by Crippen LogP contribution is -1.84. The highest BCUT2D eigenvalue weighted by molar-refractivity contribution is 6.30. The van der Waals surface area contributed by atoms with Crippen LogP contribution in [-0.4, -0.2) is 4.98 Å². The number of rotatable bonds is 2. The van der Waals surface area contributed by atoms with Crippen molar-refractivity contribution in [3.8, 4) is 11.5 Å². The van der Waals surface area contributed by atoms with Gasteiger partial charge in [0.05, 0.1) is 0 Å². The summed E-state index contributed by atoms with van der Waals surface area (Å²) in [7, 11) is 0. The van der Waals surface area contributed by atoms with Crippen molar-refractivity contribution < 1.29 is 4.74 Å². The van der Waals surface area contributed by atoms with Crippen LogP contribution in [0.2, 0.25) is 10.2 Å². The molecule has 0 atom stereocenters. The summed E-state index contributed by atoms with van der Waals surface area (Å²) in [6.45, 7) is 0. The van der Waals surface area contributed by atoms with Gasteiger partial charge in [0, 0.05) is 17.3 Å². The minimum absolute atomic E-state index is 0.398. The first-order chi connectivity index (χ1) is 7.24. The fourth-order valence-corrected chi connectivity index (χ4v) is 1.46. The number of aromatic nitrogens is 1. The molecule has 0 saturated carbocycles. The first kappa shape index (κ1) is 10.3. The number of pyridine rings is 1. The standard InChI is InChI=1S/C11H7Cl2NO/c12-8-2-1-3-9(6-8)15-10-4-5-14-11(13)7-10/h1-7H. The first-order valence-electron chi connectivity index (χ1n) is 4.29. The molecule has 2 rings (SSSR count). The molecule has 2 nitrogen and oxygen atoms in total. The van der Waals surface area contributed by atoms with Crippen LogP contribution in [0.25, 0.3) is 0 Å². The molecular weight excluding hydrogens is 233 g/mol. The van der Waals surface area contributed by atoms with Crippen LogP contribution >= 0.6 is 23.2 Å². The summed E-state index contributed by atoms with van der Waals surface area (Å²) in [5.41, 5.74) is 0. The van der Waals surface area contributed by atoms with E-state index in [1.807, 2.05) is 12.1 Å². The molecule has 1 heterocycles. The molecule has 15 heavy (non-hydrogen) atoms. The van der Waals surface area contributed by atoms with Gasteiger partial charge in [-0.15, -0.1) is 0 Å². The van der Waals surface area contributed by atoms with Crippen LogP contribution < -0.4 is 4.74 Å². The highest BCUT2D eigenvalue weighted by Gasteiger charge is 1.98. The number of ether oxygens (including phenoxy) is 1. The second kappa shape index (κ2) is 4.51. The molecule has 0 fully saturated rings. The Hall–Kier alpha value is -1.25. The average Bonchev–Trinajstić information content (AvgIpc) is 2.17. The van der Waals surface area contributed by atoms with Crippen LogP contribution in [0, 0.1) is 0 Å². The van der Waals surface area contributed by atoms with Crippen molar-refractivity contribution in [2.75, 3.05) is 0 Å². The molecule has 0 amide bonds. The van der Waals surface area contributed by atoms with Crippen molar-refractivity contribution in [1.82, 2.24) is 4.98 Å². The molecule has 0 radical (unpaired) electrons. The molecule has 0 saturated heterocycles. The van der Waals surface area contributed by atoms with E-state index in [4.69, 9.17) is 27.9 Å². The second-order valence-corrected chi connectivity index (χ2v) is 3.70. The topological polar surface area (TPSA) is 22.1 Å². The summed E-state index contributed by atoms with van der Waals surface area (Å²) in [4.78, 5) is 3.86. The Labute approximate surface area is 97.4 Å². The molecular formula is C11H7Cl2NO. The monoisotopic (exact) mass is 239 g/mol. The number of benzene rings is 1. The van der Waals surface area contributed by atoms with Crippen molar-refractivity contribution >= 4 is 23.2 Å². The third kappa shape index (κ3) is 2.85. The van der Waals surface area contributed by atoms with Crippen molar-refractivity contribution in [1.29, 1.82) is 0 Å². The Balaban J connectivity index is 2.22. The Morgan fingerprint density at radius 1 is 1.00 bits per heavy atom. The maximum absolute atomic E-state index is 5.82. The average molecular weight is 240 g/mol. The Kier molecular flexibility index (Phi) is 3.09. The molecule has 2 aromatic rings. The molecule has 76 valence electrons. The van der Waals surface area contributed by atoms with Crippen molar-refractivity contribution in [2.24, 2.45) is 0 Å². The molecule has 0 aliphatic heterocycles. The maximum atomic E-state index is 5.82. The van der Waals surface area contributed by atoms with E-state index in [1.54, 1.807) is 30.5 Å². The summed E-state index contributed by atoms with van der Waals surface area (Å²) >= 11 is 11.5. The van der Waals surface area contributed by atoms with Gasteiger partial charge in [-0.1, -0.05) is 29.3 Å². The summed E-state index contributed by atoms with van der Waals surface area (Å²) in [6, 6.07) is 10.5. The van der Waals surface area contributed by atoms with Gasteiger partial charge >= 0.3 is 0 Å². The molecule has 1 aromatic heterocycles. The minimum atomic E-state index is 0.398. The number of nitrogens with zero attached hydrogens (tertiary/aromatic N) is 1. The van der Waals surface area contributed by atoms with Gasteiger partial charge < -0.3 is 4.74 Å². The van der Waals surface area contributed by atoms with Gasteiger partial charge in [-0.05, 0) is 24.3 Å². The molecule has 0 aliphatic rings. The normalized spacial score (nSPS) is 10.0. The largest absolute Gasteiger partial charge is 0.457 e. The summed E-state index contributed by atoms with van der Waals surface area (Å²) in [5, 5.41) is 1.03. The number of hydrogen-bond acceptors (Lipinski definition) is 2. The van der Waals surface area contributed by atoms with Gasteiger partial charge in [-0.3, -0.25) is 0 Å². The van der Waals surface area contributed by atoms with E-state index in [-0.39, 0.29) is 0 Å². The lowest BCUT2D eigenvalue weighted by Gasteiger charge is -2.05. The van der Waals surface area contributed by atoms with Crippen LogP contribution in [-0.2, 0) is 0 Å². The SMILES string of the molecule is Clc1cccc(Oc2ccnc(Cl)c2)c1. The van der Waals surface area contributed by atoms with Gasteiger partial charge in [-0.2, -0.15) is 0 Å².